The zero-order chi connectivity index (χ0) is 12.1. The highest BCUT2D eigenvalue weighted by molar-refractivity contribution is 8.00. The van der Waals surface area contributed by atoms with Crippen molar-refractivity contribution in [3.63, 3.8) is 0 Å². The number of hydrogen-bond donors (Lipinski definition) is 0. The molecule has 0 aromatic rings. The van der Waals surface area contributed by atoms with Crippen LogP contribution in [0.2, 0.25) is 0 Å². The first-order valence-corrected chi connectivity index (χ1v) is 8.15. The van der Waals surface area contributed by atoms with E-state index in [0.29, 0.717) is 6.04 Å². The van der Waals surface area contributed by atoms with Gasteiger partial charge in [0.2, 0.25) is 0 Å². The third-order valence-electron chi connectivity index (χ3n) is 4.24. The summed E-state index contributed by atoms with van der Waals surface area (Å²) in [6.45, 7) is 4.70. The van der Waals surface area contributed by atoms with E-state index in [9.17, 15) is 5.26 Å². The second kappa shape index (κ2) is 6.66. The second-order valence-corrected chi connectivity index (χ2v) is 6.75. The molecule has 3 unspecified atom stereocenters. The van der Waals surface area contributed by atoms with Crippen LogP contribution in [0.15, 0.2) is 0 Å². The maximum absolute atomic E-state index is 9.36. The second-order valence-electron chi connectivity index (χ2n) is 5.34. The Bertz CT molecular complexity index is 274. The highest BCUT2D eigenvalue weighted by atomic mass is 32.2. The summed E-state index contributed by atoms with van der Waals surface area (Å²) >= 11 is 2.12. The van der Waals surface area contributed by atoms with Gasteiger partial charge in [0.05, 0.1) is 12.0 Å². The molecule has 0 N–H and O–H groups in total. The molecule has 2 nitrogen and oxygen atoms in total. The molecule has 0 amide bonds. The van der Waals surface area contributed by atoms with Gasteiger partial charge in [-0.15, -0.1) is 0 Å². The Morgan fingerprint density at radius 2 is 2.12 bits per heavy atom. The average molecular weight is 252 g/mol. The Balaban J connectivity index is 2.00. The molecule has 0 aromatic carbocycles. The van der Waals surface area contributed by atoms with Gasteiger partial charge in [-0.05, 0) is 19.3 Å². The van der Waals surface area contributed by atoms with Crippen molar-refractivity contribution in [3.05, 3.63) is 0 Å². The Morgan fingerprint density at radius 1 is 1.29 bits per heavy atom. The molecule has 1 saturated heterocycles. The molecule has 1 heterocycles. The summed E-state index contributed by atoms with van der Waals surface area (Å²) in [6.07, 6.45) is 7.55. The van der Waals surface area contributed by atoms with E-state index in [1.165, 1.54) is 50.9 Å². The van der Waals surface area contributed by atoms with E-state index in [1.54, 1.807) is 0 Å². The van der Waals surface area contributed by atoms with Crippen molar-refractivity contribution >= 4 is 11.8 Å². The van der Waals surface area contributed by atoms with Crippen molar-refractivity contribution in [1.29, 1.82) is 5.26 Å². The number of hydrogen-bond acceptors (Lipinski definition) is 3. The fourth-order valence-electron chi connectivity index (χ4n) is 3.17. The Labute approximate surface area is 110 Å². The minimum atomic E-state index is 0.290. The fraction of sp³-hybridized carbons (Fsp3) is 0.929. The van der Waals surface area contributed by atoms with Crippen LogP contribution in [-0.4, -0.2) is 35.0 Å². The van der Waals surface area contributed by atoms with Gasteiger partial charge >= 0.3 is 0 Å². The molecule has 1 aliphatic carbocycles. The predicted molar refractivity (Wildman–Crippen MR) is 74.1 cm³/mol. The van der Waals surface area contributed by atoms with Gasteiger partial charge in [-0.3, -0.25) is 4.90 Å². The van der Waals surface area contributed by atoms with Gasteiger partial charge in [-0.25, -0.2) is 0 Å². The van der Waals surface area contributed by atoms with Crippen molar-refractivity contribution in [2.75, 3.05) is 18.8 Å². The molecule has 0 radical (unpaired) electrons. The molecule has 2 aliphatic rings. The molecule has 17 heavy (non-hydrogen) atoms. The third-order valence-corrected chi connectivity index (χ3v) is 5.61. The average Bonchev–Trinajstić information content (AvgIpc) is 2.63. The lowest BCUT2D eigenvalue weighted by molar-refractivity contribution is 0.158. The third kappa shape index (κ3) is 3.39. The van der Waals surface area contributed by atoms with Crippen LogP contribution < -0.4 is 0 Å². The number of thioether (sulfide) groups is 1. The number of rotatable bonds is 2. The van der Waals surface area contributed by atoms with Gasteiger partial charge in [0.1, 0.15) is 0 Å². The molecule has 2 fully saturated rings. The lowest BCUT2D eigenvalue weighted by Gasteiger charge is -2.39. The molecular formula is C14H24N2S. The van der Waals surface area contributed by atoms with Gasteiger partial charge in [0, 0.05) is 30.1 Å². The first-order chi connectivity index (χ1) is 8.35. The van der Waals surface area contributed by atoms with Crippen LogP contribution in [0.1, 0.15) is 45.4 Å². The van der Waals surface area contributed by atoms with Gasteiger partial charge in [0.25, 0.3) is 0 Å². The maximum atomic E-state index is 9.36. The highest BCUT2D eigenvalue weighted by Crippen LogP contribution is 2.31. The molecule has 0 spiro atoms. The molecule has 0 bridgehead atoms. The van der Waals surface area contributed by atoms with Gasteiger partial charge < -0.3 is 0 Å². The topological polar surface area (TPSA) is 27.0 Å². The van der Waals surface area contributed by atoms with Crippen LogP contribution in [-0.2, 0) is 0 Å². The first kappa shape index (κ1) is 13.2. The number of nitrogens with zero attached hydrogens (tertiary/aromatic N) is 2. The van der Waals surface area contributed by atoms with E-state index in [-0.39, 0.29) is 5.92 Å². The summed E-state index contributed by atoms with van der Waals surface area (Å²) in [4.78, 5) is 2.63. The molecule has 1 aliphatic heterocycles. The molecule has 2 rings (SSSR count). The van der Waals surface area contributed by atoms with Crippen LogP contribution in [0.25, 0.3) is 0 Å². The van der Waals surface area contributed by atoms with Crippen molar-refractivity contribution in [1.82, 2.24) is 4.90 Å². The zero-order valence-corrected chi connectivity index (χ0v) is 11.7. The van der Waals surface area contributed by atoms with Crippen LogP contribution >= 0.6 is 11.8 Å². The normalized spacial score (nSPS) is 36.1. The molecule has 1 saturated carbocycles. The largest absolute Gasteiger partial charge is 0.297 e. The minimum absolute atomic E-state index is 0.290. The van der Waals surface area contributed by atoms with E-state index in [2.05, 4.69) is 29.7 Å². The van der Waals surface area contributed by atoms with Gasteiger partial charge in [-0.2, -0.15) is 17.0 Å². The Kier molecular flexibility index (Phi) is 5.18. The molecular weight excluding hydrogens is 228 g/mol. The first-order valence-electron chi connectivity index (χ1n) is 7.10. The van der Waals surface area contributed by atoms with E-state index in [1.807, 2.05) is 0 Å². The van der Waals surface area contributed by atoms with Crippen LogP contribution in [0.5, 0.6) is 0 Å². The highest BCUT2D eigenvalue weighted by Gasteiger charge is 2.31. The van der Waals surface area contributed by atoms with E-state index in [4.69, 9.17) is 0 Å². The lowest BCUT2D eigenvalue weighted by atomic mass is 9.94. The summed E-state index contributed by atoms with van der Waals surface area (Å²) in [5.41, 5.74) is 0. The van der Waals surface area contributed by atoms with Crippen molar-refractivity contribution in [3.8, 4) is 6.07 Å². The molecule has 3 heteroatoms. The summed E-state index contributed by atoms with van der Waals surface area (Å²) in [5.74, 6) is 1.55. The standard InChI is InChI=1S/C14H24N2S/c1-2-13-11-16(8-9-17-13)14-7-5-3-4-6-12(14)10-15/h12-14H,2-9,11H2,1H3. The zero-order valence-electron chi connectivity index (χ0n) is 10.9. The Morgan fingerprint density at radius 3 is 2.88 bits per heavy atom. The summed E-state index contributed by atoms with van der Waals surface area (Å²) < 4.78 is 0. The fourth-order valence-corrected chi connectivity index (χ4v) is 4.37. The van der Waals surface area contributed by atoms with E-state index < -0.39 is 0 Å². The quantitative estimate of drug-likeness (QED) is 0.706. The minimum Gasteiger partial charge on any atom is -0.297 e. The SMILES string of the molecule is CCC1CN(C2CCCCCC2C#N)CCS1. The lowest BCUT2D eigenvalue weighted by Crippen LogP contribution is -2.47. The van der Waals surface area contributed by atoms with E-state index in [0.717, 1.165) is 11.7 Å². The maximum Gasteiger partial charge on any atom is 0.0672 e. The van der Waals surface area contributed by atoms with Crippen molar-refractivity contribution in [2.45, 2.75) is 56.7 Å². The van der Waals surface area contributed by atoms with Crippen LogP contribution in [0.3, 0.4) is 0 Å². The summed E-state index contributed by atoms with van der Waals surface area (Å²) in [6, 6.07) is 3.13. The van der Waals surface area contributed by atoms with Crippen LogP contribution in [0.4, 0.5) is 0 Å². The monoisotopic (exact) mass is 252 g/mol. The molecule has 96 valence electrons. The van der Waals surface area contributed by atoms with Gasteiger partial charge in [0.15, 0.2) is 0 Å². The molecule has 3 atom stereocenters. The predicted octanol–water partition coefficient (Wildman–Crippen LogP) is 3.29. The van der Waals surface area contributed by atoms with Crippen LogP contribution in [0, 0.1) is 17.2 Å². The summed E-state index contributed by atoms with van der Waals surface area (Å²) in [5, 5.41) is 10.2. The number of nitriles is 1. The van der Waals surface area contributed by atoms with E-state index >= 15 is 0 Å². The van der Waals surface area contributed by atoms with Crippen molar-refractivity contribution < 1.29 is 0 Å². The summed E-state index contributed by atoms with van der Waals surface area (Å²) in [7, 11) is 0. The Hall–Kier alpha value is -0.200. The smallest absolute Gasteiger partial charge is 0.0672 e. The van der Waals surface area contributed by atoms with Crippen molar-refractivity contribution in [2.24, 2.45) is 5.92 Å². The molecule has 0 aromatic heterocycles. The van der Waals surface area contributed by atoms with Gasteiger partial charge in [-0.1, -0.05) is 26.2 Å².